The van der Waals surface area contributed by atoms with E-state index in [-0.39, 0.29) is 11.9 Å². The van der Waals surface area contributed by atoms with E-state index < -0.39 is 0 Å². The third-order valence-corrected chi connectivity index (χ3v) is 5.15. The van der Waals surface area contributed by atoms with Crippen LogP contribution in [0, 0.1) is 0 Å². The third-order valence-electron chi connectivity index (χ3n) is 5.15. The molecule has 2 aliphatic rings. The summed E-state index contributed by atoms with van der Waals surface area (Å²) in [6.07, 6.45) is 3.97. The number of amides is 1. The van der Waals surface area contributed by atoms with E-state index in [1.165, 1.54) is 12.8 Å². The highest BCUT2D eigenvalue weighted by Crippen LogP contribution is 2.38. The number of nitrogens with zero attached hydrogens (tertiary/aromatic N) is 7. The molecule has 0 aromatic carbocycles. The van der Waals surface area contributed by atoms with E-state index in [0.717, 1.165) is 30.4 Å². The molecule has 1 amide bonds. The first-order valence-electron chi connectivity index (χ1n) is 8.86. The van der Waals surface area contributed by atoms with Crippen LogP contribution in [0.5, 0.6) is 0 Å². The highest BCUT2D eigenvalue weighted by Gasteiger charge is 2.35. The summed E-state index contributed by atoms with van der Waals surface area (Å²) in [6.45, 7) is 1.52. The molecule has 0 spiro atoms. The largest absolute Gasteiger partial charge is 0.351 e. The number of pyridine rings is 1. The SMILES string of the molecule is CN(C(=O)c1ccccn1)C1CN(c2ccc3nnc(C4CC4)n3n2)C1. The van der Waals surface area contributed by atoms with Crippen LogP contribution in [-0.4, -0.2) is 61.8 Å². The Hall–Kier alpha value is -3.03. The van der Waals surface area contributed by atoms with E-state index in [1.807, 2.05) is 35.8 Å². The number of carbonyl (C=O) groups is 1. The zero-order valence-corrected chi connectivity index (χ0v) is 14.5. The Morgan fingerprint density at radius 2 is 2.00 bits per heavy atom. The molecule has 1 aliphatic carbocycles. The summed E-state index contributed by atoms with van der Waals surface area (Å²) in [6, 6.07) is 9.47. The van der Waals surface area contributed by atoms with Gasteiger partial charge in [-0.3, -0.25) is 9.78 Å². The van der Waals surface area contributed by atoms with Crippen molar-refractivity contribution >= 4 is 17.4 Å². The zero-order valence-electron chi connectivity index (χ0n) is 14.5. The number of aromatic nitrogens is 5. The van der Waals surface area contributed by atoms with Crippen LogP contribution in [0.2, 0.25) is 0 Å². The van der Waals surface area contributed by atoms with E-state index in [2.05, 4.69) is 20.1 Å². The Balaban J connectivity index is 1.30. The first-order valence-corrected chi connectivity index (χ1v) is 8.86. The van der Waals surface area contributed by atoms with Crippen LogP contribution in [0.1, 0.15) is 35.1 Å². The zero-order chi connectivity index (χ0) is 17.7. The lowest BCUT2D eigenvalue weighted by atomic mass is 10.1. The Labute approximate surface area is 150 Å². The standard InChI is InChI=1S/C18H19N7O/c1-23(18(26)14-4-2-3-9-19-14)13-10-24(11-13)16-8-7-15-20-21-17(12-5-6-12)25(15)22-16/h2-4,7-9,12-13H,5-6,10-11H2,1H3. The fraction of sp³-hybridized carbons (Fsp3) is 0.389. The van der Waals surface area contributed by atoms with Crippen LogP contribution in [0.3, 0.4) is 0 Å². The number of likely N-dealkylation sites (N-methyl/N-ethyl adjacent to an activating group) is 1. The molecule has 1 saturated carbocycles. The van der Waals surface area contributed by atoms with E-state index in [1.54, 1.807) is 17.2 Å². The van der Waals surface area contributed by atoms with Crippen molar-refractivity contribution in [1.29, 1.82) is 0 Å². The number of carbonyl (C=O) groups excluding carboxylic acids is 1. The minimum Gasteiger partial charge on any atom is -0.351 e. The highest BCUT2D eigenvalue weighted by molar-refractivity contribution is 5.92. The van der Waals surface area contributed by atoms with Gasteiger partial charge in [0.2, 0.25) is 0 Å². The van der Waals surface area contributed by atoms with Crippen molar-refractivity contribution < 1.29 is 4.79 Å². The summed E-state index contributed by atoms with van der Waals surface area (Å²) in [7, 11) is 1.83. The average molecular weight is 349 g/mol. The molecular weight excluding hydrogens is 330 g/mol. The lowest BCUT2D eigenvalue weighted by Crippen LogP contribution is -2.60. The molecule has 4 heterocycles. The van der Waals surface area contributed by atoms with E-state index in [0.29, 0.717) is 11.6 Å². The van der Waals surface area contributed by atoms with Gasteiger partial charge in [-0.25, -0.2) is 0 Å². The lowest BCUT2D eigenvalue weighted by Gasteiger charge is -2.44. The Kier molecular flexibility index (Phi) is 3.37. The number of anilines is 1. The predicted molar refractivity (Wildman–Crippen MR) is 95.1 cm³/mol. The van der Waals surface area contributed by atoms with Gasteiger partial charge in [-0.2, -0.15) is 4.52 Å². The molecule has 1 saturated heterocycles. The first-order chi connectivity index (χ1) is 12.7. The molecule has 0 N–H and O–H groups in total. The minimum atomic E-state index is -0.0477. The second-order valence-electron chi connectivity index (χ2n) is 6.98. The monoisotopic (exact) mass is 349 g/mol. The van der Waals surface area contributed by atoms with Crippen LogP contribution < -0.4 is 4.90 Å². The van der Waals surface area contributed by atoms with Crippen molar-refractivity contribution in [3.8, 4) is 0 Å². The van der Waals surface area contributed by atoms with Gasteiger partial charge in [0.15, 0.2) is 11.5 Å². The predicted octanol–water partition coefficient (Wildman–Crippen LogP) is 1.36. The van der Waals surface area contributed by atoms with Gasteiger partial charge in [-0.1, -0.05) is 6.07 Å². The van der Waals surface area contributed by atoms with Crippen LogP contribution in [-0.2, 0) is 0 Å². The fourth-order valence-corrected chi connectivity index (χ4v) is 3.28. The summed E-state index contributed by atoms with van der Waals surface area (Å²) >= 11 is 0. The van der Waals surface area contributed by atoms with Crippen molar-refractivity contribution in [2.45, 2.75) is 24.8 Å². The maximum Gasteiger partial charge on any atom is 0.272 e. The van der Waals surface area contributed by atoms with Gasteiger partial charge in [0.1, 0.15) is 11.5 Å². The summed E-state index contributed by atoms with van der Waals surface area (Å²) in [5, 5.41) is 13.2. The van der Waals surface area contributed by atoms with Crippen LogP contribution in [0.15, 0.2) is 36.5 Å². The maximum atomic E-state index is 12.5. The molecule has 1 aliphatic heterocycles. The van der Waals surface area contributed by atoms with Crippen LogP contribution in [0.25, 0.3) is 5.65 Å². The molecule has 8 nitrogen and oxygen atoms in total. The molecule has 2 fully saturated rings. The fourth-order valence-electron chi connectivity index (χ4n) is 3.28. The van der Waals surface area contributed by atoms with Gasteiger partial charge in [0.05, 0.1) is 6.04 Å². The summed E-state index contributed by atoms with van der Waals surface area (Å²) < 4.78 is 1.86. The second-order valence-corrected chi connectivity index (χ2v) is 6.98. The normalized spacial score (nSPS) is 17.3. The molecule has 132 valence electrons. The molecule has 26 heavy (non-hydrogen) atoms. The van der Waals surface area contributed by atoms with E-state index in [9.17, 15) is 4.79 Å². The minimum absolute atomic E-state index is 0.0477. The molecule has 5 rings (SSSR count). The smallest absolute Gasteiger partial charge is 0.272 e. The van der Waals surface area contributed by atoms with Gasteiger partial charge in [0, 0.05) is 32.3 Å². The molecule has 8 heteroatoms. The third kappa shape index (κ3) is 2.49. The van der Waals surface area contributed by atoms with Gasteiger partial charge in [-0.15, -0.1) is 15.3 Å². The second kappa shape index (κ2) is 5.76. The van der Waals surface area contributed by atoms with Crippen molar-refractivity contribution in [2.75, 3.05) is 25.0 Å². The van der Waals surface area contributed by atoms with Gasteiger partial charge >= 0.3 is 0 Å². The summed E-state index contributed by atoms with van der Waals surface area (Å²) in [5.74, 6) is 2.31. The highest BCUT2D eigenvalue weighted by atomic mass is 16.2. The molecule has 0 radical (unpaired) electrons. The molecule has 3 aromatic heterocycles. The molecular formula is C18H19N7O. The molecule has 0 bridgehead atoms. The summed E-state index contributed by atoms with van der Waals surface area (Å²) in [4.78, 5) is 20.6. The number of hydrogen-bond donors (Lipinski definition) is 0. The van der Waals surface area contributed by atoms with Crippen LogP contribution >= 0.6 is 0 Å². The quantitative estimate of drug-likeness (QED) is 0.708. The Bertz CT molecular complexity index is 960. The van der Waals surface area contributed by atoms with Crippen molar-refractivity contribution in [1.82, 2.24) is 29.7 Å². The van der Waals surface area contributed by atoms with Crippen molar-refractivity contribution in [3.05, 3.63) is 48.0 Å². The Morgan fingerprint density at radius 3 is 2.73 bits per heavy atom. The number of fused-ring (bicyclic) bond motifs is 1. The van der Waals surface area contributed by atoms with Crippen LogP contribution in [0.4, 0.5) is 5.82 Å². The molecule has 0 atom stereocenters. The van der Waals surface area contributed by atoms with Gasteiger partial charge in [0.25, 0.3) is 5.91 Å². The average Bonchev–Trinajstić information content (AvgIpc) is 3.40. The first kappa shape index (κ1) is 15.2. The van der Waals surface area contributed by atoms with Gasteiger partial charge in [-0.05, 0) is 37.1 Å². The maximum absolute atomic E-state index is 12.5. The summed E-state index contributed by atoms with van der Waals surface area (Å²) in [5.41, 5.74) is 1.27. The van der Waals surface area contributed by atoms with E-state index >= 15 is 0 Å². The Morgan fingerprint density at radius 1 is 1.15 bits per heavy atom. The van der Waals surface area contributed by atoms with E-state index in [4.69, 9.17) is 5.10 Å². The van der Waals surface area contributed by atoms with Crippen molar-refractivity contribution in [2.24, 2.45) is 0 Å². The number of hydrogen-bond acceptors (Lipinski definition) is 6. The number of rotatable bonds is 4. The topological polar surface area (TPSA) is 79.5 Å². The van der Waals surface area contributed by atoms with Gasteiger partial charge < -0.3 is 9.80 Å². The molecule has 0 unspecified atom stereocenters. The molecule has 3 aromatic rings. The lowest BCUT2D eigenvalue weighted by molar-refractivity contribution is 0.0699. The van der Waals surface area contributed by atoms with Crippen molar-refractivity contribution in [3.63, 3.8) is 0 Å².